The van der Waals surface area contributed by atoms with E-state index in [1.807, 2.05) is 25.1 Å². The molecule has 0 N–H and O–H groups in total. The number of fused-ring (bicyclic) bond motifs is 1. The summed E-state index contributed by atoms with van der Waals surface area (Å²) in [7, 11) is 0. The lowest BCUT2D eigenvalue weighted by Crippen LogP contribution is -2.05. The fourth-order valence-electron chi connectivity index (χ4n) is 1.98. The average molecular weight is 228 g/mol. The van der Waals surface area contributed by atoms with E-state index in [0.29, 0.717) is 13.0 Å². The highest BCUT2D eigenvalue weighted by Crippen LogP contribution is 2.19. The molecule has 2 heteroatoms. The average Bonchev–Trinajstić information content (AvgIpc) is 2.36. The quantitative estimate of drug-likeness (QED) is 0.750. The lowest BCUT2D eigenvalue weighted by molar-refractivity contribution is -0.143. The van der Waals surface area contributed by atoms with Crippen LogP contribution in [0.5, 0.6) is 0 Å². The molecule has 0 aliphatic carbocycles. The molecular formula is C15H16O2. The molecule has 0 heterocycles. The number of benzene rings is 2. The van der Waals surface area contributed by atoms with Gasteiger partial charge in [0.2, 0.25) is 0 Å². The molecule has 0 aromatic heterocycles. The molecule has 0 spiro atoms. The molecular weight excluding hydrogens is 212 g/mol. The summed E-state index contributed by atoms with van der Waals surface area (Å²) >= 11 is 0. The molecule has 88 valence electrons. The molecule has 0 atom stereocenters. The minimum Gasteiger partial charge on any atom is -0.466 e. The fraction of sp³-hybridized carbons (Fsp3) is 0.267. The fourth-order valence-corrected chi connectivity index (χ4v) is 1.98. The molecule has 0 aliphatic heterocycles. The van der Waals surface area contributed by atoms with Crippen LogP contribution in [0.25, 0.3) is 10.8 Å². The number of hydrogen-bond acceptors (Lipinski definition) is 2. The van der Waals surface area contributed by atoms with Gasteiger partial charge in [-0.2, -0.15) is 0 Å². The third-order valence-electron chi connectivity index (χ3n) is 2.78. The van der Waals surface area contributed by atoms with E-state index in [2.05, 4.69) is 24.3 Å². The Kier molecular flexibility index (Phi) is 3.76. The Morgan fingerprint density at radius 2 is 1.88 bits per heavy atom. The first-order valence-corrected chi connectivity index (χ1v) is 5.93. The topological polar surface area (TPSA) is 26.3 Å². The number of aryl methyl sites for hydroxylation is 1. The van der Waals surface area contributed by atoms with E-state index >= 15 is 0 Å². The van der Waals surface area contributed by atoms with Crippen molar-refractivity contribution in [2.24, 2.45) is 0 Å². The molecule has 0 saturated heterocycles. The van der Waals surface area contributed by atoms with Crippen molar-refractivity contribution in [2.45, 2.75) is 19.8 Å². The zero-order valence-electron chi connectivity index (χ0n) is 9.98. The highest BCUT2D eigenvalue weighted by Gasteiger charge is 2.05. The first-order valence-electron chi connectivity index (χ1n) is 5.93. The molecule has 0 fully saturated rings. The van der Waals surface area contributed by atoms with E-state index < -0.39 is 0 Å². The van der Waals surface area contributed by atoms with Gasteiger partial charge in [-0.15, -0.1) is 0 Å². The first-order chi connectivity index (χ1) is 8.31. The zero-order valence-corrected chi connectivity index (χ0v) is 9.98. The van der Waals surface area contributed by atoms with Crippen LogP contribution in [0.2, 0.25) is 0 Å². The van der Waals surface area contributed by atoms with Crippen LogP contribution in [0.4, 0.5) is 0 Å². The van der Waals surface area contributed by atoms with Crippen molar-refractivity contribution in [3.63, 3.8) is 0 Å². The molecule has 2 aromatic rings. The maximum absolute atomic E-state index is 11.3. The number of ether oxygens (including phenoxy) is 1. The maximum atomic E-state index is 11.3. The molecule has 0 saturated carbocycles. The smallest absolute Gasteiger partial charge is 0.306 e. The van der Waals surface area contributed by atoms with E-state index in [1.165, 1.54) is 16.3 Å². The summed E-state index contributed by atoms with van der Waals surface area (Å²) in [6, 6.07) is 14.4. The van der Waals surface area contributed by atoms with Crippen LogP contribution in [-0.4, -0.2) is 12.6 Å². The van der Waals surface area contributed by atoms with Gasteiger partial charge in [0.25, 0.3) is 0 Å². The molecule has 0 bridgehead atoms. The van der Waals surface area contributed by atoms with Gasteiger partial charge in [-0.3, -0.25) is 4.79 Å². The van der Waals surface area contributed by atoms with E-state index in [1.54, 1.807) is 0 Å². The van der Waals surface area contributed by atoms with Crippen LogP contribution in [0.3, 0.4) is 0 Å². The first kappa shape index (κ1) is 11.6. The third kappa shape index (κ3) is 2.84. The van der Waals surface area contributed by atoms with E-state index in [-0.39, 0.29) is 5.97 Å². The normalized spacial score (nSPS) is 10.4. The van der Waals surface area contributed by atoms with E-state index in [0.717, 1.165) is 6.42 Å². The number of esters is 1. The number of hydrogen-bond donors (Lipinski definition) is 0. The van der Waals surface area contributed by atoms with Crippen molar-refractivity contribution in [1.82, 2.24) is 0 Å². The maximum Gasteiger partial charge on any atom is 0.306 e. The molecule has 17 heavy (non-hydrogen) atoms. The van der Waals surface area contributed by atoms with Crippen LogP contribution in [0.15, 0.2) is 42.5 Å². The largest absolute Gasteiger partial charge is 0.466 e. The minimum absolute atomic E-state index is 0.125. The summed E-state index contributed by atoms with van der Waals surface area (Å²) < 4.78 is 4.94. The van der Waals surface area contributed by atoms with Crippen LogP contribution < -0.4 is 0 Å². The third-order valence-corrected chi connectivity index (χ3v) is 2.78. The minimum atomic E-state index is -0.125. The van der Waals surface area contributed by atoms with E-state index in [9.17, 15) is 4.79 Å². The van der Waals surface area contributed by atoms with Crippen molar-refractivity contribution in [3.05, 3.63) is 48.0 Å². The van der Waals surface area contributed by atoms with Crippen LogP contribution >= 0.6 is 0 Å². The summed E-state index contributed by atoms with van der Waals surface area (Å²) in [6.45, 7) is 2.28. The zero-order chi connectivity index (χ0) is 12.1. The predicted molar refractivity (Wildman–Crippen MR) is 68.9 cm³/mol. The molecule has 0 amide bonds. The number of rotatable bonds is 4. The molecule has 0 aliphatic rings. The van der Waals surface area contributed by atoms with Gasteiger partial charge >= 0.3 is 5.97 Å². The van der Waals surface area contributed by atoms with Crippen molar-refractivity contribution >= 4 is 16.7 Å². The Bertz CT molecular complexity index is 512. The van der Waals surface area contributed by atoms with Gasteiger partial charge in [-0.05, 0) is 29.7 Å². The standard InChI is InChI=1S/C15H16O2/c1-2-17-15(16)11-10-13-8-5-7-12-6-3-4-9-14(12)13/h3-9H,2,10-11H2,1H3. The van der Waals surface area contributed by atoms with Crippen molar-refractivity contribution < 1.29 is 9.53 Å². The van der Waals surface area contributed by atoms with Gasteiger partial charge in [-0.25, -0.2) is 0 Å². The molecule has 2 aromatic carbocycles. The monoisotopic (exact) mass is 228 g/mol. The Morgan fingerprint density at radius 3 is 2.71 bits per heavy atom. The second-order valence-electron chi connectivity index (χ2n) is 3.94. The molecule has 0 radical (unpaired) electrons. The Labute approximate surface area is 101 Å². The van der Waals surface area contributed by atoms with Crippen molar-refractivity contribution in [2.75, 3.05) is 6.61 Å². The van der Waals surface area contributed by atoms with Gasteiger partial charge in [-0.1, -0.05) is 42.5 Å². The number of carbonyl (C=O) groups excluding carboxylic acids is 1. The second kappa shape index (κ2) is 5.48. The van der Waals surface area contributed by atoms with Crippen LogP contribution in [0, 0.1) is 0 Å². The van der Waals surface area contributed by atoms with Crippen molar-refractivity contribution in [1.29, 1.82) is 0 Å². The van der Waals surface area contributed by atoms with Crippen LogP contribution in [-0.2, 0) is 16.0 Å². The SMILES string of the molecule is CCOC(=O)CCc1cccc2ccccc12. The van der Waals surface area contributed by atoms with Gasteiger partial charge in [0.05, 0.1) is 6.61 Å². The lowest BCUT2D eigenvalue weighted by atomic mass is 10.0. The molecule has 2 rings (SSSR count). The van der Waals surface area contributed by atoms with Gasteiger partial charge in [0, 0.05) is 6.42 Å². The highest BCUT2D eigenvalue weighted by molar-refractivity contribution is 5.86. The summed E-state index contributed by atoms with van der Waals surface area (Å²) in [5, 5.41) is 2.44. The predicted octanol–water partition coefficient (Wildman–Crippen LogP) is 3.34. The lowest BCUT2D eigenvalue weighted by Gasteiger charge is -2.06. The van der Waals surface area contributed by atoms with Crippen molar-refractivity contribution in [3.8, 4) is 0 Å². The Balaban J connectivity index is 2.16. The second-order valence-corrected chi connectivity index (χ2v) is 3.94. The molecule has 0 unspecified atom stereocenters. The molecule has 2 nitrogen and oxygen atoms in total. The Hall–Kier alpha value is -1.83. The summed E-state index contributed by atoms with van der Waals surface area (Å²) in [4.78, 5) is 11.3. The van der Waals surface area contributed by atoms with Crippen LogP contribution in [0.1, 0.15) is 18.9 Å². The van der Waals surface area contributed by atoms with E-state index in [4.69, 9.17) is 4.74 Å². The summed E-state index contributed by atoms with van der Waals surface area (Å²) in [5.41, 5.74) is 1.20. The summed E-state index contributed by atoms with van der Waals surface area (Å²) in [5.74, 6) is -0.125. The number of carbonyl (C=O) groups is 1. The van der Waals surface area contributed by atoms with Gasteiger partial charge in [0.15, 0.2) is 0 Å². The van der Waals surface area contributed by atoms with Gasteiger partial charge in [0.1, 0.15) is 0 Å². The highest BCUT2D eigenvalue weighted by atomic mass is 16.5. The van der Waals surface area contributed by atoms with Gasteiger partial charge < -0.3 is 4.74 Å². The summed E-state index contributed by atoms with van der Waals surface area (Å²) in [6.07, 6.45) is 1.18. The Morgan fingerprint density at radius 1 is 1.12 bits per heavy atom.